The zero-order valence-electron chi connectivity index (χ0n) is 25.8. The fourth-order valence-electron chi connectivity index (χ4n) is 5.35. The Balaban J connectivity index is 1.94. The molecule has 2 N–H and O–H groups in total. The average molecular weight is 660 g/mol. The van der Waals surface area contributed by atoms with E-state index >= 15 is 0 Å². The van der Waals surface area contributed by atoms with E-state index in [9.17, 15) is 33.5 Å². The fraction of sp³-hybridized carbons (Fsp3) is 0.621. The molecule has 2 fully saturated rings. The molecule has 16 heteroatoms. The first-order valence-electron chi connectivity index (χ1n) is 14.2. The molecule has 0 radical (unpaired) electrons. The number of hydrogen-bond donors (Lipinski definition) is 2. The van der Waals surface area contributed by atoms with Gasteiger partial charge < -0.3 is 43.6 Å². The summed E-state index contributed by atoms with van der Waals surface area (Å²) >= 11 is 1.17. The molecule has 0 aromatic heterocycles. The van der Waals surface area contributed by atoms with Gasteiger partial charge in [0.1, 0.15) is 11.4 Å². The van der Waals surface area contributed by atoms with E-state index in [0.29, 0.717) is 10.5 Å². The number of thioether (sulfide) groups is 1. The van der Waals surface area contributed by atoms with Gasteiger partial charge in [-0.2, -0.15) is 0 Å². The van der Waals surface area contributed by atoms with Crippen molar-refractivity contribution in [3.63, 3.8) is 0 Å². The maximum absolute atomic E-state index is 13.9. The Hall–Kier alpha value is -3.79. The number of aliphatic hydroxyl groups is 1. The standard InChI is InChI=1S/C29H38FNO13S/c1-7-38-26(36)42-13-40-23(33)20-19-21(20)29(31-25(35)44-28(4,5)6,24(34)41-14-43-27(37)39-8-2)17(22(19)32)12-45-16-9-10-18(30)15(3)11-16/h9-11,17,19-22,32H,7-8,12-14H2,1-6H3,(H,31,35)/t17-,19+,20+,21+,22-,29+/m1/s1. The highest BCUT2D eigenvalue weighted by molar-refractivity contribution is 7.99. The summed E-state index contributed by atoms with van der Waals surface area (Å²) in [5.74, 6) is -6.63. The van der Waals surface area contributed by atoms with Crippen molar-refractivity contribution in [2.45, 2.75) is 63.7 Å². The van der Waals surface area contributed by atoms with Crippen molar-refractivity contribution in [2.75, 3.05) is 32.6 Å². The van der Waals surface area contributed by atoms with Gasteiger partial charge >= 0.3 is 30.3 Å². The largest absolute Gasteiger partial charge is 0.511 e. The third-order valence-electron chi connectivity index (χ3n) is 7.14. The van der Waals surface area contributed by atoms with Gasteiger partial charge in [-0.1, -0.05) is 0 Å². The van der Waals surface area contributed by atoms with E-state index in [-0.39, 0.29) is 19.0 Å². The molecular weight excluding hydrogens is 621 g/mol. The van der Waals surface area contributed by atoms with Crippen LogP contribution in [0.5, 0.6) is 0 Å². The zero-order chi connectivity index (χ0) is 33.5. The quantitative estimate of drug-likeness (QED) is 0.143. The van der Waals surface area contributed by atoms with Crippen LogP contribution >= 0.6 is 11.8 Å². The lowest BCUT2D eigenvalue weighted by Crippen LogP contribution is -2.63. The highest BCUT2D eigenvalue weighted by Crippen LogP contribution is 2.66. The van der Waals surface area contributed by atoms with Gasteiger partial charge in [0, 0.05) is 28.4 Å². The zero-order valence-corrected chi connectivity index (χ0v) is 26.6. The van der Waals surface area contributed by atoms with E-state index < -0.39 is 90.7 Å². The Morgan fingerprint density at radius 2 is 1.56 bits per heavy atom. The Labute approximate surface area is 263 Å². The van der Waals surface area contributed by atoms with Crippen molar-refractivity contribution < 1.29 is 66.6 Å². The van der Waals surface area contributed by atoms with Crippen LogP contribution in [0.1, 0.15) is 40.2 Å². The molecule has 0 unspecified atom stereocenters. The monoisotopic (exact) mass is 659 g/mol. The Morgan fingerprint density at radius 3 is 2.11 bits per heavy atom. The van der Waals surface area contributed by atoms with Crippen LogP contribution in [-0.2, 0) is 42.7 Å². The molecule has 2 aliphatic carbocycles. The summed E-state index contributed by atoms with van der Waals surface area (Å²) in [5, 5.41) is 14.1. The summed E-state index contributed by atoms with van der Waals surface area (Å²) in [7, 11) is 0. The summed E-state index contributed by atoms with van der Waals surface area (Å²) in [6.45, 7) is 7.81. The Kier molecular flexibility index (Phi) is 11.9. The highest BCUT2D eigenvalue weighted by Gasteiger charge is 2.80. The number of alkyl carbamates (subject to hydrolysis) is 1. The number of benzene rings is 1. The molecule has 3 rings (SSSR count). The number of carbonyl (C=O) groups is 5. The topological polar surface area (TPSA) is 182 Å². The number of halogens is 1. The summed E-state index contributed by atoms with van der Waals surface area (Å²) in [6.07, 6.45) is -4.59. The lowest BCUT2D eigenvalue weighted by molar-refractivity contribution is -0.167. The normalized spacial score (nSPS) is 24.8. The molecule has 0 bridgehead atoms. The molecule has 0 saturated heterocycles. The third-order valence-corrected chi connectivity index (χ3v) is 8.25. The molecule has 14 nitrogen and oxygen atoms in total. The first-order valence-corrected chi connectivity index (χ1v) is 15.2. The van der Waals surface area contributed by atoms with Gasteiger partial charge in [-0.05, 0) is 65.3 Å². The number of rotatable bonds is 12. The van der Waals surface area contributed by atoms with Crippen molar-refractivity contribution in [1.82, 2.24) is 5.32 Å². The summed E-state index contributed by atoms with van der Waals surface area (Å²) < 4.78 is 48.4. The molecule has 0 spiro atoms. The maximum Gasteiger partial charge on any atom is 0.511 e. The molecule has 250 valence electrons. The number of carbonyl (C=O) groups excluding carboxylic acids is 5. The van der Waals surface area contributed by atoms with E-state index in [2.05, 4.69) is 19.5 Å². The Morgan fingerprint density at radius 1 is 0.956 bits per heavy atom. The van der Waals surface area contributed by atoms with Gasteiger partial charge in [-0.3, -0.25) is 4.79 Å². The van der Waals surface area contributed by atoms with Crippen LogP contribution in [-0.4, -0.2) is 85.2 Å². The predicted molar refractivity (Wildman–Crippen MR) is 152 cm³/mol. The van der Waals surface area contributed by atoms with Crippen molar-refractivity contribution in [3.8, 4) is 0 Å². The molecule has 1 aromatic carbocycles. The van der Waals surface area contributed by atoms with Crippen LogP contribution in [0, 0.1) is 36.4 Å². The molecule has 1 aromatic rings. The van der Waals surface area contributed by atoms with Crippen LogP contribution < -0.4 is 5.32 Å². The minimum absolute atomic E-state index is 0.00130. The molecule has 2 saturated carbocycles. The van der Waals surface area contributed by atoms with Crippen LogP contribution in [0.4, 0.5) is 18.8 Å². The SMILES string of the molecule is CCOC(=O)OCOC(=O)[C@H]1[C@@H]2[C@H](O)[C@@H](CSc3ccc(F)c(C)c3)[C@@](NC(=O)OC(C)(C)C)(C(=O)OCOC(=O)OCC)[C@H]12. The number of aliphatic hydroxyl groups excluding tert-OH is 1. The number of ether oxygens (including phenoxy) is 7. The second-order valence-corrected chi connectivity index (χ2v) is 12.3. The van der Waals surface area contributed by atoms with E-state index in [0.717, 1.165) is 0 Å². The van der Waals surface area contributed by atoms with E-state index in [4.69, 9.17) is 18.9 Å². The number of amides is 1. The van der Waals surface area contributed by atoms with Crippen LogP contribution in [0.25, 0.3) is 0 Å². The van der Waals surface area contributed by atoms with Crippen LogP contribution in [0.15, 0.2) is 23.1 Å². The van der Waals surface area contributed by atoms with Gasteiger partial charge in [-0.15, -0.1) is 11.8 Å². The average Bonchev–Trinajstić information content (AvgIpc) is 3.64. The maximum atomic E-state index is 13.9. The second-order valence-electron chi connectivity index (χ2n) is 11.2. The Bertz CT molecular complexity index is 1270. The highest BCUT2D eigenvalue weighted by atomic mass is 32.2. The first kappa shape index (κ1) is 35.7. The van der Waals surface area contributed by atoms with Gasteiger partial charge in [0.15, 0.2) is 5.54 Å². The van der Waals surface area contributed by atoms with E-state index in [1.807, 2.05) is 0 Å². The van der Waals surface area contributed by atoms with Gasteiger partial charge in [0.25, 0.3) is 0 Å². The smallest absolute Gasteiger partial charge is 0.444 e. The minimum Gasteiger partial charge on any atom is -0.444 e. The minimum atomic E-state index is -2.09. The fourth-order valence-corrected chi connectivity index (χ4v) is 6.60. The number of nitrogens with one attached hydrogen (secondary N) is 1. The molecule has 1 amide bonds. The lowest BCUT2D eigenvalue weighted by atomic mass is 9.80. The number of hydrogen-bond acceptors (Lipinski definition) is 14. The molecular formula is C29H38FNO13S. The van der Waals surface area contributed by atoms with Crippen molar-refractivity contribution >= 4 is 42.1 Å². The summed E-state index contributed by atoms with van der Waals surface area (Å²) in [5.41, 5.74) is -2.71. The molecule has 0 aliphatic heterocycles. The van der Waals surface area contributed by atoms with Gasteiger partial charge in [0.2, 0.25) is 13.6 Å². The van der Waals surface area contributed by atoms with Gasteiger partial charge in [-0.25, -0.2) is 23.6 Å². The molecule has 2 aliphatic rings. The van der Waals surface area contributed by atoms with Crippen molar-refractivity contribution in [3.05, 3.63) is 29.6 Å². The lowest BCUT2D eigenvalue weighted by Gasteiger charge is -2.38. The first-order chi connectivity index (χ1) is 21.2. The number of esters is 2. The van der Waals surface area contributed by atoms with E-state index in [1.54, 1.807) is 47.6 Å². The molecule has 0 heterocycles. The van der Waals surface area contributed by atoms with Crippen LogP contribution in [0.3, 0.4) is 0 Å². The summed E-state index contributed by atoms with van der Waals surface area (Å²) in [4.78, 5) is 64.0. The third kappa shape index (κ3) is 8.69. The number of fused-ring (bicyclic) bond motifs is 1. The van der Waals surface area contributed by atoms with Gasteiger partial charge in [0.05, 0.1) is 25.2 Å². The summed E-state index contributed by atoms with van der Waals surface area (Å²) in [6, 6.07) is 4.38. The van der Waals surface area contributed by atoms with Crippen molar-refractivity contribution in [2.24, 2.45) is 23.7 Å². The number of aryl methyl sites for hydroxylation is 1. The second kappa shape index (κ2) is 15.0. The molecule has 45 heavy (non-hydrogen) atoms. The molecule has 6 atom stereocenters. The van der Waals surface area contributed by atoms with E-state index in [1.165, 1.54) is 23.9 Å². The van der Waals surface area contributed by atoms with Crippen LogP contribution in [0.2, 0.25) is 0 Å². The van der Waals surface area contributed by atoms with Crippen molar-refractivity contribution in [1.29, 1.82) is 0 Å². The predicted octanol–water partition coefficient (Wildman–Crippen LogP) is 3.69.